The molecule has 0 saturated heterocycles. The molecule has 0 spiro atoms. The highest BCUT2D eigenvalue weighted by Crippen LogP contribution is 2.10. The third-order valence-corrected chi connectivity index (χ3v) is 1.98. The molecule has 76 valence electrons. The van der Waals surface area contributed by atoms with Gasteiger partial charge in [0.15, 0.2) is 0 Å². The summed E-state index contributed by atoms with van der Waals surface area (Å²) in [6, 6.07) is 8.69. The van der Waals surface area contributed by atoms with Gasteiger partial charge in [0.25, 0.3) is 0 Å². The van der Waals surface area contributed by atoms with Crippen molar-refractivity contribution in [2.75, 3.05) is 18.5 Å². The number of carboxylic acids is 1. The van der Waals surface area contributed by atoms with E-state index in [4.69, 9.17) is 10.8 Å². The summed E-state index contributed by atoms with van der Waals surface area (Å²) in [6.07, 6.45) is 0. The van der Waals surface area contributed by atoms with E-state index in [-0.39, 0.29) is 0 Å². The molecule has 0 bridgehead atoms. The molecular formula is C10H14N2O2. The van der Waals surface area contributed by atoms with Gasteiger partial charge < -0.3 is 15.7 Å². The minimum absolute atomic E-state index is 0.305. The zero-order valence-corrected chi connectivity index (χ0v) is 8.05. The molecule has 0 fully saturated rings. The number of likely N-dealkylation sites (N-methyl/N-ethyl adjacent to an activating group) is 1. The van der Waals surface area contributed by atoms with Gasteiger partial charge in [-0.1, -0.05) is 18.2 Å². The van der Waals surface area contributed by atoms with Crippen LogP contribution in [0.2, 0.25) is 0 Å². The van der Waals surface area contributed by atoms with Crippen molar-refractivity contribution < 1.29 is 9.90 Å². The van der Waals surface area contributed by atoms with Crippen molar-refractivity contribution >= 4 is 11.7 Å². The number of rotatable bonds is 4. The summed E-state index contributed by atoms with van der Waals surface area (Å²) >= 11 is 0. The van der Waals surface area contributed by atoms with Crippen molar-refractivity contribution in [3.8, 4) is 0 Å². The summed E-state index contributed by atoms with van der Waals surface area (Å²) in [5.41, 5.74) is 6.38. The Balaban J connectivity index is 2.59. The topological polar surface area (TPSA) is 66.6 Å². The summed E-state index contributed by atoms with van der Waals surface area (Å²) in [7, 11) is 1.82. The second kappa shape index (κ2) is 4.62. The Bertz CT molecular complexity index is 300. The molecule has 1 atom stereocenters. The molecule has 14 heavy (non-hydrogen) atoms. The van der Waals surface area contributed by atoms with Crippen molar-refractivity contribution in [2.24, 2.45) is 5.73 Å². The van der Waals surface area contributed by atoms with Crippen LogP contribution >= 0.6 is 0 Å². The van der Waals surface area contributed by atoms with Gasteiger partial charge in [0, 0.05) is 19.3 Å². The van der Waals surface area contributed by atoms with E-state index in [2.05, 4.69) is 0 Å². The Hall–Kier alpha value is -1.55. The second-order valence-corrected chi connectivity index (χ2v) is 3.16. The van der Waals surface area contributed by atoms with Crippen LogP contribution in [0.4, 0.5) is 5.69 Å². The molecule has 3 N–H and O–H groups in total. The van der Waals surface area contributed by atoms with Gasteiger partial charge in [-0.05, 0) is 12.1 Å². The van der Waals surface area contributed by atoms with Crippen LogP contribution in [0, 0.1) is 0 Å². The Morgan fingerprint density at radius 3 is 2.57 bits per heavy atom. The van der Waals surface area contributed by atoms with Gasteiger partial charge >= 0.3 is 5.97 Å². The molecule has 1 aromatic carbocycles. The maximum atomic E-state index is 10.5. The average molecular weight is 194 g/mol. The molecule has 0 heterocycles. The molecule has 0 amide bonds. The lowest BCUT2D eigenvalue weighted by atomic mass is 10.2. The Kier molecular flexibility index (Phi) is 3.48. The Morgan fingerprint density at radius 1 is 1.50 bits per heavy atom. The average Bonchev–Trinajstić information content (AvgIpc) is 2.19. The van der Waals surface area contributed by atoms with Gasteiger partial charge in [0.1, 0.15) is 6.04 Å². The number of nitrogens with two attached hydrogens (primary N) is 1. The van der Waals surface area contributed by atoms with E-state index in [9.17, 15) is 4.79 Å². The first-order valence-corrected chi connectivity index (χ1v) is 4.36. The summed E-state index contributed by atoms with van der Waals surface area (Å²) in [4.78, 5) is 12.3. The number of nitrogens with zero attached hydrogens (tertiary/aromatic N) is 1. The number of anilines is 1. The van der Waals surface area contributed by atoms with E-state index >= 15 is 0 Å². The monoisotopic (exact) mass is 194 g/mol. The van der Waals surface area contributed by atoms with Crippen LogP contribution in [0.25, 0.3) is 0 Å². The van der Waals surface area contributed by atoms with Gasteiger partial charge in [0.05, 0.1) is 0 Å². The highest BCUT2D eigenvalue weighted by molar-refractivity contribution is 5.74. The smallest absolute Gasteiger partial charge is 0.322 e. The van der Waals surface area contributed by atoms with Crippen LogP contribution in [0.1, 0.15) is 0 Å². The first-order chi connectivity index (χ1) is 6.61. The standard InChI is InChI=1S/C10H14N2O2/c1-12(7-9(11)10(13)14)8-5-3-2-4-6-8/h2-6,9H,7,11H2,1H3,(H,13,14)/t9-/m0/s1. The highest BCUT2D eigenvalue weighted by Gasteiger charge is 2.13. The molecule has 0 unspecified atom stereocenters. The number of carbonyl (C=O) groups is 1. The zero-order chi connectivity index (χ0) is 10.6. The first kappa shape index (κ1) is 10.5. The van der Waals surface area contributed by atoms with Gasteiger partial charge in [-0.15, -0.1) is 0 Å². The normalized spacial score (nSPS) is 12.1. The van der Waals surface area contributed by atoms with E-state index in [1.165, 1.54) is 0 Å². The number of carboxylic acid groups (broad SMARTS) is 1. The predicted octanol–water partition coefficient (Wildman–Crippen LogP) is 0.535. The summed E-state index contributed by atoms with van der Waals surface area (Å²) in [5.74, 6) is -0.979. The molecule has 0 aliphatic heterocycles. The van der Waals surface area contributed by atoms with Crippen molar-refractivity contribution in [3.63, 3.8) is 0 Å². The quantitative estimate of drug-likeness (QED) is 0.734. The van der Waals surface area contributed by atoms with Crippen molar-refractivity contribution in [1.82, 2.24) is 0 Å². The molecule has 0 radical (unpaired) electrons. The summed E-state index contributed by atoms with van der Waals surface area (Å²) in [5, 5.41) is 8.63. The van der Waals surface area contributed by atoms with Crippen LogP contribution in [-0.2, 0) is 4.79 Å². The number of hydrogen-bond donors (Lipinski definition) is 2. The SMILES string of the molecule is CN(C[C@H](N)C(=O)O)c1ccccc1. The lowest BCUT2D eigenvalue weighted by Gasteiger charge is -2.21. The number of aliphatic carboxylic acids is 1. The summed E-state index contributed by atoms with van der Waals surface area (Å²) in [6.45, 7) is 0.305. The highest BCUT2D eigenvalue weighted by atomic mass is 16.4. The minimum atomic E-state index is -0.979. The van der Waals surface area contributed by atoms with Crippen LogP contribution < -0.4 is 10.6 Å². The van der Waals surface area contributed by atoms with Crippen LogP contribution in [0.5, 0.6) is 0 Å². The molecule has 1 aromatic rings. The molecule has 0 saturated carbocycles. The molecule has 1 rings (SSSR count). The lowest BCUT2D eigenvalue weighted by Crippen LogP contribution is -2.41. The van der Waals surface area contributed by atoms with Crippen molar-refractivity contribution in [2.45, 2.75) is 6.04 Å². The molecule has 4 heteroatoms. The molecule has 0 aliphatic carbocycles. The van der Waals surface area contributed by atoms with Gasteiger partial charge in [-0.2, -0.15) is 0 Å². The largest absolute Gasteiger partial charge is 0.480 e. The lowest BCUT2D eigenvalue weighted by molar-refractivity contribution is -0.138. The molecule has 0 aromatic heterocycles. The number of benzene rings is 1. The van der Waals surface area contributed by atoms with Crippen molar-refractivity contribution in [3.05, 3.63) is 30.3 Å². The van der Waals surface area contributed by atoms with E-state index in [1.807, 2.05) is 42.3 Å². The van der Waals surface area contributed by atoms with Crippen LogP contribution in [-0.4, -0.2) is 30.7 Å². The zero-order valence-electron chi connectivity index (χ0n) is 8.05. The Labute approximate surface area is 82.9 Å². The fourth-order valence-electron chi connectivity index (χ4n) is 1.16. The number of para-hydroxylation sites is 1. The first-order valence-electron chi connectivity index (χ1n) is 4.36. The van der Waals surface area contributed by atoms with E-state index in [0.29, 0.717) is 6.54 Å². The van der Waals surface area contributed by atoms with E-state index in [1.54, 1.807) is 0 Å². The second-order valence-electron chi connectivity index (χ2n) is 3.16. The molecular weight excluding hydrogens is 180 g/mol. The van der Waals surface area contributed by atoms with Gasteiger partial charge in [-0.25, -0.2) is 0 Å². The van der Waals surface area contributed by atoms with Crippen molar-refractivity contribution in [1.29, 1.82) is 0 Å². The predicted molar refractivity (Wildman–Crippen MR) is 55.3 cm³/mol. The summed E-state index contributed by atoms with van der Waals surface area (Å²) < 4.78 is 0. The Morgan fingerprint density at radius 2 is 2.07 bits per heavy atom. The number of hydrogen-bond acceptors (Lipinski definition) is 3. The third-order valence-electron chi connectivity index (χ3n) is 1.98. The van der Waals surface area contributed by atoms with Crippen LogP contribution in [0.15, 0.2) is 30.3 Å². The minimum Gasteiger partial charge on any atom is -0.480 e. The maximum Gasteiger partial charge on any atom is 0.322 e. The van der Waals surface area contributed by atoms with Crippen LogP contribution in [0.3, 0.4) is 0 Å². The maximum absolute atomic E-state index is 10.5. The van der Waals surface area contributed by atoms with E-state index in [0.717, 1.165) is 5.69 Å². The van der Waals surface area contributed by atoms with Gasteiger partial charge in [-0.3, -0.25) is 4.79 Å². The fourth-order valence-corrected chi connectivity index (χ4v) is 1.16. The molecule has 4 nitrogen and oxygen atoms in total. The fraction of sp³-hybridized carbons (Fsp3) is 0.300. The third kappa shape index (κ3) is 2.74. The van der Waals surface area contributed by atoms with Gasteiger partial charge in [0.2, 0.25) is 0 Å². The molecule has 0 aliphatic rings. The van der Waals surface area contributed by atoms with E-state index < -0.39 is 12.0 Å².